The molecule has 0 saturated heterocycles. The standard InChI is InChI=1S/C2H7N3O3S/c3-2(6)1-5-9(4,7)8/h5H,1H2,(H2,3,6)(H2,4,7,8). The maximum Gasteiger partial charge on any atom is 0.274 e. The highest BCUT2D eigenvalue weighted by atomic mass is 32.2. The molecule has 0 heterocycles. The Balaban J connectivity index is 3.67. The Morgan fingerprint density at radius 2 is 2.00 bits per heavy atom. The third kappa shape index (κ3) is 7.34. The van der Waals surface area contributed by atoms with E-state index in [9.17, 15) is 13.2 Å². The smallest absolute Gasteiger partial charge is 0.274 e. The van der Waals surface area contributed by atoms with E-state index < -0.39 is 22.7 Å². The van der Waals surface area contributed by atoms with Gasteiger partial charge in [0.1, 0.15) is 0 Å². The van der Waals surface area contributed by atoms with E-state index in [1.165, 1.54) is 0 Å². The Hall–Kier alpha value is -0.660. The Bertz CT molecular complexity index is 195. The van der Waals surface area contributed by atoms with Gasteiger partial charge < -0.3 is 5.73 Å². The maximum absolute atomic E-state index is 9.99. The molecule has 0 unspecified atom stereocenters. The van der Waals surface area contributed by atoms with Gasteiger partial charge in [0, 0.05) is 0 Å². The van der Waals surface area contributed by atoms with Gasteiger partial charge in [0.25, 0.3) is 10.2 Å². The molecular weight excluding hydrogens is 146 g/mol. The zero-order chi connectivity index (χ0) is 7.49. The van der Waals surface area contributed by atoms with Gasteiger partial charge in [-0.3, -0.25) is 4.79 Å². The first-order chi connectivity index (χ1) is 3.92. The van der Waals surface area contributed by atoms with Crippen molar-refractivity contribution in [1.29, 1.82) is 0 Å². The fourth-order valence-corrected chi connectivity index (χ4v) is 0.515. The van der Waals surface area contributed by atoms with Gasteiger partial charge in [0.2, 0.25) is 5.91 Å². The number of nitrogens with two attached hydrogens (primary N) is 2. The minimum Gasteiger partial charge on any atom is -0.369 e. The molecule has 0 bridgehead atoms. The van der Waals surface area contributed by atoms with Crippen LogP contribution < -0.4 is 15.6 Å². The number of rotatable bonds is 3. The van der Waals surface area contributed by atoms with Crippen LogP contribution in [0.5, 0.6) is 0 Å². The first-order valence-corrected chi connectivity index (χ1v) is 3.52. The molecule has 0 aliphatic rings. The van der Waals surface area contributed by atoms with Gasteiger partial charge in [0.15, 0.2) is 0 Å². The Kier molecular flexibility index (Phi) is 2.56. The van der Waals surface area contributed by atoms with Crippen LogP contribution in [0.15, 0.2) is 0 Å². The molecule has 0 aliphatic heterocycles. The van der Waals surface area contributed by atoms with E-state index in [0.717, 1.165) is 0 Å². The number of hydrogen-bond donors (Lipinski definition) is 3. The fourth-order valence-electron chi connectivity index (χ4n) is 0.172. The molecule has 0 aromatic heterocycles. The van der Waals surface area contributed by atoms with E-state index in [-0.39, 0.29) is 0 Å². The summed E-state index contributed by atoms with van der Waals surface area (Å²) in [4.78, 5) is 9.89. The molecule has 0 fully saturated rings. The molecule has 1 amide bonds. The van der Waals surface area contributed by atoms with Gasteiger partial charge in [-0.15, -0.1) is 0 Å². The van der Waals surface area contributed by atoms with Gasteiger partial charge in [-0.05, 0) is 0 Å². The molecule has 0 aliphatic carbocycles. The van der Waals surface area contributed by atoms with Crippen molar-refractivity contribution in [2.24, 2.45) is 10.9 Å². The van der Waals surface area contributed by atoms with Gasteiger partial charge >= 0.3 is 0 Å². The van der Waals surface area contributed by atoms with Crippen molar-refractivity contribution in [2.75, 3.05) is 6.54 Å². The molecule has 54 valence electrons. The van der Waals surface area contributed by atoms with Crippen LogP contribution in [0.3, 0.4) is 0 Å². The van der Waals surface area contributed by atoms with Gasteiger partial charge in [0.05, 0.1) is 6.54 Å². The van der Waals surface area contributed by atoms with Crippen LogP contribution >= 0.6 is 0 Å². The highest BCUT2D eigenvalue weighted by Gasteiger charge is 2.01. The van der Waals surface area contributed by atoms with Gasteiger partial charge in [-0.25, -0.2) is 5.14 Å². The van der Waals surface area contributed by atoms with E-state index in [4.69, 9.17) is 0 Å². The van der Waals surface area contributed by atoms with Gasteiger partial charge in [-0.1, -0.05) is 0 Å². The highest BCUT2D eigenvalue weighted by Crippen LogP contribution is 1.63. The third-order valence-electron chi connectivity index (χ3n) is 0.448. The van der Waals surface area contributed by atoms with Crippen molar-refractivity contribution < 1.29 is 13.2 Å². The first-order valence-electron chi connectivity index (χ1n) is 1.97. The Morgan fingerprint density at radius 1 is 1.56 bits per heavy atom. The molecule has 0 atom stereocenters. The van der Waals surface area contributed by atoms with Crippen molar-refractivity contribution in [3.05, 3.63) is 0 Å². The van der Waals surface area contributed by atoms with E-state index in [1.807, 2.05) is 0 Å². The summed E-state index contributed by atoms with van der Waals surface area (Å²) in [6, 6.07) is 0. The minimum absolute atomic E-state index is 0.459. The second-order valence-corrected chi connectivity index (χ2v) is 2.71. The molecule has 6 nitrogen and oxygen atoms in total. The molecule has 7 heteroatoms. The molecule has 9 heavy (non-hydrogen) atoms. The van der Waals surface area contributed by atoms with Crippen LogP contribution in [0.1, 0.15) is 0 Å². The summed E-state index contributed by atoms with van der Waals surface area (Å²) in [6.45, 7) is -0.459. The van der Waals surface area contributed by atoms with E-state index in [0.29, 0.717) is 0 Å². The summed E-state index contributed by atoms with van der Waals surface area (Å²) in [6.07, 6.45) is 0. The van der Waals surface area contributed by atoms with Crippen LogP contribution in [0, 0.1) is 0 Å². The maximum atomic E-state index is 9.99. The van der Waals surface area contributed by atoms with Crippen molar-refractivity contribution in [2.45, 2.75) is 0 Å². The van der Waals surface area contributed by atoms with Crippen molar-refractivity contribution >= 4 is 16.1 Å². The van der Waals surface area contributed by atoms with Crippen LogP contribution in [-0.4, -0.2) is 20.9 Å². The van der Waals surface area contributed by atoms with E-state index in [2.05, 4.69) is 10.9 Å². The monoisotopic (exact) mass is 153 g/mol. The number of hydrogen-bond acceptors (Lipinski definition) is 3. The summed E-state index contributed by atoms with van der Waals surface area (Å²) < 4.78 is 21.7. The fraction of sp³-hybridized carbons (Fsp3) is 0.500. The second kappa shape index (κ2) is 2.76. The largest absolute Gasteiger partial charge is 0.369 e. The summed E-state index contributed by atoms with van der Waals surface area (Å²) in [5.41, 5.74) is 4.58. The van der Waals surface area contributed by atoms with E-state index in [1.54, 1.807) is 4.72 Å². The molecule has 0 saturated carbocycles. The zero-order valence-corrected chi connectivity index (χ0v) is 5.31. The summed E-state index contributed by atoms with van der Waals surface area (Å²) in [5.74, 6) is -0.774. The SMILES string of the molecule is NC(=O)CNS(N)(=O)=O. The number of carbonyl (C=O) groups excluding carboxylic acids is 1. The minimum atomic E-state index is -3.77. The first kappa shape index (κ1) is 8.34. The molecule has 0 rings (SSSR count). The average molecular weight is 153 g/mol. The molecule has 0 aromatic rings. The molecule has 0 aromatic carbocycles. The summed E-state index contributed by atoms with van der Waals surface area (Å²) >= 11 is 0. The Morgan fingerprint density at radius 3 is 2.11 bits per heavy atom. The lowest BCUT2D eigenvalue weighted by molar-refractivity contribution is -0.116. The number of nitrogens with one attached hydrogen (secondary N) is 1. The van der Waals surface area contributed by atoms with Gasteiger partial charge in [-0.2, -0.15) is 13.1 Å². The summed E-state index contributed by atoms with van der Waals surface area (Å²) in [7, 11) is -3.77. The van der Waals surface area contributed by atoms with Crippen LogP contribution in [0.2, 0.25) is 0 Å². The lowest BCUT2D eigenvalue weighted by atomic mass is 10.7. The zero-order valence-electron chi connectivity index (χ0n) is 4.49. The average Bonchev–Trinajstić information content (AvgIpc) is 1.59. The highest BCUT2D eigenvalue weighted by molar-refractivity contribution is 7.87. The van der Waals surface area contributed by atoms with Crippen molar-refractivity contribution in [1.82, 2.24) is 4.72 Å². The third-order valence-corrected chi connectivity index (χ3v) is 0.994. The van der Waals surface area contributed by atoms with Crippen LogP contribution in [0.25, 0.3) is 0 Å². The van der Waals surface area contributed by atoms with Crippen molar-refractivity contribution in [3.63, 3.8) is 0 Å². The molecule has 0 radical (unpaired) electrons. The van der Waals surface area contributed by atoms with Crippen molar-refractivity contribution in [3.8, 4) is 0 Å². The number of amides is 1. The van der Waals surface area contributed by atoms with Crippen LogP contribution in [-0.2, 0) is 15.0 Å². The predicted molar refractivity (Wildman–Crippen MR) is 30.3 cm³/mol. The second-order valence-electron chi connectivity index (χ2n) is 1.33. The Labute approximate surface area is 52.4 Å². The number of carbonyl (C=O) groups is 1. The summed E-state index contributed by atoms with van der Waals surface area (Å²) in [5, 5.41) is 4.44. The molecular formula is C2H7N3O3S. The lowest BCUT2D eigenvalue weighted by Crippen LogP contribution is -2.37. The van der Waals surface area contributed by atoms with E-state index >= 15 is 0 Å². The molecule has 0 spiro atoms. The topological polar surface area (TPSA) is 115 Å². The quantitative estimate of drug-likeness (QED) is 0.408. The van der Waals surface area contributed by atoms with Crippen LogP contribution in [0.4, 0.5) is 0 Å². The predicted octanol–water partition coefficient (Wildman–Crippen LogP) is -2.74. The normalized spacial score (nSPS) is 11.2. The molecule has 5 N–H and O–H groups in total. The number of primary amides is 1. The lowest BCUT2D eigenvalue weighted by Gasteiger charge is -1.94.